The van der Waals surface area contributed by atoms with Gasteiger partial charge < -0.3 is 15.5 Å². The Morgan fingerprint density at radius 3 is 2.25 bits per heavy atom. The van der Waals surface area contributed by atoms with E-state index in [9.17, 15) is 0 Å². The first-order chi connectivity index (χ1) is 9.76. The van der Waals surface area contributed by atoms with Crippen molar-refractivity contribution >= 4 is 17.8 Å². The lowest BCUT2D eigenvalue weighted by Gasteiger charge is -2.24. The van der Waals surface area contributed by atoms with Gasteiger partial charge in [0.25, 0.3) is 0 Å². The molecule has 6 nitrogen and oxygen atoms in total. The van der Waals surface area contributed by atoms with E-state index in [0.29, 0.717) is 17.9 Å². The third kappa shape index (κ3) is 3.71. The smallest absolute Gasteiger partial charge is 0.231 e. The number of nitrogens with one attached hydrogen (secondary N) is 2. The third-order valence-electron chi connectivity index (χ3n) is 3.83. The van der Waals surface area contributed by atoms with E-state index in [2.05, 4.69) is 44.3 Å². The summed E-state index contributed by atoms with van der Waals surface area (Å²) in [6.45, 7) is 6.01. The Kier molecular flexibility index (Phi) is 5.38. The van der Waals surface area contributed by atoms with Crippen LogP contribution in [0.1, 0.15) is 46.0 Å². The first-order valence-electron chi connectivity index (χ1n) is 7.72. The van der Waals surface area contributed by atoms with Gasteiger partial charge in [-0.25, -0.2) is 0 Å². The molecule has 0 saturated heterocycles. The van der Waals surface area contributed by atoms with Gasteiger partial charge in [-0.3, -0.25) is 0 Å². The van der Waals surface area contributed by atoms with Crippen molar-refractivity contribution in [3.63, 3.8) is 0 Å². The molecule has 0 aliphatic heterocycles. The fraction of sp³-hybridized carbons (Fsp3) is 0.786. The number of hydrogen-bond donors (Lipinski definition) is 2. The highest BCUT2D eigenvalue weighted by Crippen LogP contribution is 2.21. The first-order valence-corrected chi connectivity index (χ1v) is 7.72. The highest BCUT2D eigenvalue weighted by atomic mass is 15.3. The van der Waals surface area contributed by atoms with E-state index in [1.165, 1.54) is 32.1 Å². The van der Waals surface area contributed by atoms with Crippen molar-refractivity contribution in [3.05, 3.63) is 0 Å². The van der Waals surface area contributed by atoms with Crippen molar-refractivity contribution in [2.45, 2.75) is 52.0 Å². The molecular weight excluding hydrogens is 252 g/mol. The van der Waals surface area contributed by atoms with Crippen molar-refractivity contribution < 1.29 is 0 Å². The monoisotopic (exact) mass is 278 g/mol. The minimum absolute atomic E-state index is 0.500. The Hall–Kier alpha value is -1.59. The lowest BCUT2D eigenvalue weighted by atomic mass is 9.96. The molecule has 2 rings (SSSR count). The van der Waals surface area contributed by atoms with Gasteiger partial charge >= 0.3 is 0 Å². The summed E-state index contributed by atoms with van der Waals surface area (Å²) in [4.78, 5) is 15.6. The molecule has 112 valence electrons. The summed E-state index contributed by atoms with van der Waals surface area (Å²) in [7, 11) is 1.84. The van der Waals surface area contributed by atoms with Gasteiger partial charge in [-0.2, -0.15) is 15.0 Å². The second kappa shape index (κ2) is 7.26. The van der Waals surface area contributed by atoms with Gasteiger partial charge in [0.2, 0.25) is 17.8 Å². The molecule has 1 aromatic rings. The molecule has 0 amide bonds. The molecule has 1 saturated carbocycles. The number of nitrogens with zero attached hydrogens (tertiary/aromatic N) is 4. The predicted octanol–water partition coefficient (Wildman–Crippen LogP) is 2.50. The van der Waals surface area contributed by atoms with E-state index in [1.807, 2.05) is 7.05 Å². The van der Waals surface area contributed by atoms with Crippen LogP contribution in [-0.4, -0.2) is 41.1 Å². The lowest BCUT2D eigenvalue weighted by molar-refractivity contribution is 0.460. The van der Waals surface area contributed by atoms with Crippen molar-refractivity contribution in [2.75, 3.05) is 35.7 Å². The minimum atomic E-state index is 0.500. The van der Waals surface area contributed by atoms with Crippen LogP contribution in [0.15, 0.2) is 0 Å². The van der Waals surface area contributed by atoms with Crippen LogP contribution < -0.4 is 15.5 Å². The van der Waals surface area contributed by atoms with Crippen LogP contribution in [0.2, 0.25) is 0 Å². The molecule has 0 spiro atoms. The first kappa shape index (κ1) is 14.8. The molecule has 0 bridgehead atoms. The lowest BCUT2D eigenvalue weighted by Crippen LogP contribution is -2.27. The molecule has 1 aromatic heterocycles. The molecule has 0 aromatic carbocycles. The van der Waals surface area contributed by atoms with E-state index in [4.69, 9.17) is 0 Å². The van der Waals surface area contributed by atoms with Gasteiger partial charge in [-0.05, 0) is 26.7 Å². The SMILES string of the molecule is CCN(CC)c1nc(NC)nc(NC2CCCCC2)n1. The molecule has 0 atom stereocenters. The summed E-state index contributed by atoms with van der Waals surface area (Å²) in [5.74, 6) is 2.06. The summed E-state index contributed by atoms with van der Waals surface area (Å²) in [6.07, 6.45) is 6.36. The largest absolute Gasteiger partial charge is 0.357 e. The summed E-state index contributed by atoms with van der Waals surface area (Å²) in [6, 6.07) is 0.500. The van der Waals surface area contributed by atoms with Gasteiger partial charge in [0.15, 0.2) is 0 Å². The van der Waals surface area contributed by atoms with Gasteiger partial charge in [0, 0.05) is 26.2 Å². The second-order valence-electron chi connectivity index (χ2n) is 5.18. The molecule has 1 fully saturated rings. The highest BCUT2D eigenvalue weighted by molar-refractivity contribution is 5.43. The zero-order valence-corrected chi connectivity index (χ0v) is 12.8. The van der Waals surface area contributed by atoms with Crippen molar-refractivity contribution in [2.24, 2.45) is 0 Å². The normalized spacial score (nSPS) is 15.9. The summed E-state index contributed by atoms with van der Waals surface area (Å²) < 4.78 is 0. The fourth-order valence-electron chi connectivity index (χ4n) is 2.62. The van der Waals surface area contributed by atoms with Crippen LogP contribution in [0.4, 0.5) is 17.8 Å². The summed E-state index contributed by atoms with van der Waals surface area (Å²) in [5, 5.41) is 6.49. The molecule has 0 unspecified atom stereocenters. The predicted molar refractivity (Wildman–Crippen MR) is 83.4 cm³/mol. The van der Waals surface area contributed by atoms with E-state index in [-0.39, 0.29) is 0 Å². The molecule has 0 radical (unpaired) electrons. The van der Waals surface area contributed by atoms with Gasteiger partial charge in [-0.15, -0.1) is 0 Å². The van der Waals surface area contributed by atoms with Crippen LogP contribution >= 0.6 is 0 Å². The summed E-state index contributed by atoms with van der Waals surface area (Å²) >= 11 is 0. The average molecular weight is 278 g/mol. The van der Waals surface area contributed by atoms with Crippen molar-refractivity contribution in [3.8, 4) is 0 Å². The quantitative estimate of drug-likeness (QED) is 0.833. The maximum absolute atomic E-state index is 4.57. The molecular formula is C14H26N6. The molecule has 20 heavy (non-hydrogen) atoms. The van der Waals surface area contributed by atoms with Crippen LogP contribution in [0.5, 0.6) is 0 Å². The molecule has 1 heterocycles. The Morgan fingerprint density at radius 1 is 1.00 bits per heavy atom. The highest BCUT2D eigenvalue weighted by Gasteiger charge is 2.16. The van der Waals surface area contributed by atoms with Crippen molar-refractivity contribution in [1.29, 1.82) is 0 Å². The molecule has 6 heteroatoms. The number of hydrogen-bond acceptors (Lipinski definition) is 6. The third-order valence-corrected chi connectivity index (χ3v) is 3.83. The standard InChI is InChI=1S/C14H26N6/c1-4-20(5-2)14-18-12(15-3)17-13(19-14)16-11-9-7-6-8-10-11/h11H,4-10H2,1-3H3,(H2,15,16,17,18,19). The van der Waals surface area contributed by atoms with E-state index < -0.39 is 0 Å². The van der Waals surface area contributed by atoms with E-state index in [1.54, 1.807) is 0 Å². The molecule has 1 aliphatic rings. The van der Waals surface area contributed by atoms with Gasteiger partial charge in [0.05, 0.1) is 0 Å². The Bertz CT molecular complexity index is 412. The maximum atomic E-state index is 4.57. The number of anilines is 3. The van der Waals surface area contributed by atoms with Crippen LogP contribution in [0, 0.1) is 0 Å². The van der Waals surface area contributed by atoms with E-state index in [0.717, 1.165) is 19.0 Å². The Morgan fingerprint density at radius 2 is 1.65 bits per heavy atom. The summed E-state index contributed by atoms with van der Waals surface area (Å²) in [5.41, 5.74) is 0. The van der Waals surface area contributed by atoms with Crippen molar-refractivity contribution in [1.82, 2.24) is 15.0 Å². The average Bonchev–Trinajstić information content (AvgIpc) is 2.49. The fourth-order valence-corrected chi connectivity index (χ4v) is 2.62. The van der Waals surface area contributed by atoms with Crippen LogP contribution in [-0.2, 0) is 0 Å². The maximum Gasteiger partial charge on any atom is 0.231 e. The Balaban J connectivity index is 2.16. The second-order valence-corrected chi connectivity index (χ2v) is 5.18. The number of rotatable bonds is 6. The molecule has 2 N–H and O–H groups in total. The van der Waals surface area contributed by atoms with Gasteiger partial charge in [-0.1, -0.05) is 19.3 Å². The molecule has 1 aliphatic carbocycles. The van der Waals surface area contributed by atoms with Crippen LogP contribution in [0.3, 0.4) is 0 Å². The van der Waals surface area contributed by atoms with Crippen LogP contribution in [0.25, 0.3) is 0 Å². The topological polar surface area (TPSA) is 66.0 Å². The minimum Gasteiger partial charge on any atom is -0.357 e. The Labute approximate surface area is 121 Å². The number of aromatic nitrogens is 3. The zero-order chi connectivity index (χ0) is 14.4. The van der Waals surface area contributed by atoms with Gasteiger partial charge in [0.1, 0.15) is 0 Å². The van der Waals surface area contributed by atoms with E-state index >= 15 is 0 Å². The zero-order valence-electron chi connectivity index (χ0n) is 12.8.